The Kier molecular flexibility index (Phi) is 12.3. The van der Waals surface area contributed by atoms with Crippen molar-refractivity contribution in [1.82, 2.24) is 31.1 Å². The Morgan fingerprint density at radius 3 is 1.29 bits per heavy atom. The van der Waals surface area contributed by atoms with E-state index in [1.54, 1.807) is 55.4 Å². The van der Waals surface area contributed by atoms with E-state index < -0.39 is 32.9 Å². The molecule has 6 N–H and O–H groups in total. The summed E-state index contributed by atoms with van der Waals surface area (Å²) in [4.78, 5) is 23.9. The molecule has 0 unspecified atom stereocenters. The van der Waals surface area contributed by atoms with E-state index in [0.29, 0.717) is 23.9 Å². The van der Waals surface area contributed by atoms with Gasteiger partial charge in [-0.2, -0.15) is 31.0 Å². The van der Waals surface area contributed by atoms with Crippen LogP contribution >= 0.6 is 36.1 Å². The second kappa shape index (κ2) is 13.4. The predicted octanol–water partition coefficient (Wildman–Crippen LogP) is 3.16. The lowest BCUT2D eigenvalue weighted by atomic mass is 10.1. The summed E-state index contributed by atoms with van der Waals surface area (Å²) in [7, 11) is 0. The first-order valence-electron chi connectivity index (χ1n) is 9.67. The Morgan fingerprint density at radius 2 is 1.00 bits per heavy atom. The second-order valence-corrected chi connectivity index (χ2v) is 10.6. The maximum atomic E-state index is 11.9. The lowest BCUT2D eigenvalue weighted by Crippen LogP contribution is -2.52. The molecule has 0 aromatic carbocycles. The van der Waals surface area contributed by atoms with Crippen molar-refractivity contribution >= 4 is 51.7 Å². The van der Waals surface area contributed by atoms with E-state index in [9.17, 15) is 9.59 Å². The highest BCUT2D eigenvalue weighted by molar-refractivity contribution is 8.12. The van der Waals surface area contributed by atoms with Crippen LogP contribution in [0.5, 0.6) is 0 Å². The summed E-state index contributed by atoms with van der Waals surface area (Å²) >= 11 is 6.36. The first-order chi connectivity index (χ1) is 15.4. The number of carbonyl (C=O) groups excluding carboxylic acids is 2. The molecule has 2 amide bonds. The molecule has 0 fully saturated rings. The summed E-state index contributed by atoms with van der Waals surface area (Å²) in [6, 6.07) is 4.00. The minimum absolute atomic E-state index is 0.0765. The summed E-state index contributed by atoms with van der Waals surface area (Å²) in [6.45, 7) is 13.2. The van der Waals surface area contributed by atoms with Gasteiger partial charge in [-0.05, 0) is 67.6 Å². The molecule has 0 aliphatic heterocycles. The molecule has 0 heterocycles. The topological polar surface area (TPSA) is 203 Å². The molecule has 0 rings (SSSR count). The maximum absolute atomic E-state index is 11.9. The van der Waals surface area contributed by atoms with Crippen LogP contribution in [0.2, 0.25) is 0 Å². The van der Waals surface area contributed by atoms with Crippen LogP contribution in [-0.4, -0.2) is 38.0 Å². The van der Waals surface area contributed by atoms with Crippen molar-refractivity contribution in [1.29, 1.82) is 10.5 Å². The van der Waals surface area contributed by atoms with Crippen LogP contribution in [-0.2, 0) is 0 Å². The molecule has 34 heavy (non-hydrogen) atoms. The Bertz CT molecular complexity index is 817. The minimum Gasteiger partial charge on any atom is -0.272 e. The van der Waals surface area contributed by atoms with Gasteiger partial charge in [-0.3, -0.25) is 31.3 Å². The van der Waals surface area contributed by atoms with E-state index in [1.807, 2.05) is 12.1 Å². The minimum atomic E-state index is -0.975. The van der Waals surface area contributed by atoms with Gasteiger partial charge in [0.25, 0.3) is 0 Å². The summed E-state index contributed by atoms with van der Waals surface area (Å²) in [5.41, 5.74) is 5.67. The predicted molar refractivity (Wildman–Crippen MR) is 135 cm³/mol. The molecule has 0 spiro atoms. The highest BCUT2D eigenvalue weighted by Crippen LogP contribution is 2.16. The fraction of sp³-hybridized carbons (Fsp3) is 0.706. The fourth-order valence-corrected chi connectivity index (χ4v) is 2.30. The average Bonchev–Trinajstić information content (AvgIpc) is 2.76. The Morgan fingerprint density at radius 1 is 0.676 bits per heavy atom. The van der Waals surface area contributed by atoms with Gasteiger partial charge in [0.05, 0.1) is 12.1 Å². The molecular weight excluding hydrogens is 500 g/mol. The first-order valence-corrected chi connectivity index (χ1v) is 11.7. The largest absolute Gasteiger partial charge is 0.312 e. The van der Waals surface area contributed by atoms with Crippen molar-refractivity contribution in [3.05, 3.63) is 0 Å². The van der Waals surface area contributed by atoms with Gasteiger partial charge in [-0.1, -0.05) is 0 Å². The van der Waals surface area contributed by atoms with Gasteiger partial charge in [0, 0.05) is 23.9 Å². The molecule has 0 aromatic rings. The zero-order chi connectivity index (χ0) is 26.6. The fourth-order valence-electron chi connectivity index (χ4n) is 1.23. The standard InChI is InChI=1S/C17H30N12O2S3/c1-14(2,9-18)24-26-16(5,6)28-33-12(30)22-20-11(32)21-23-13(31)34-29-17(7,8)27-25-15(3,4)10-19/h28-29H,1-8H3,(H,22,30)(H,23,31)(H2,20,21,32). The zero-order valence-electron chi connectivity index (χ0n) is 20.2. The number of nitrogens with zero attached hydrogens (tertiary/aromatic N) is 6. The molecule has 0 saturated carbocycles. The molecule has 0 saturated heterocycles. The van der Waals surface area contributed by atoms with E-state index in [0.717, 1.165) is 0 Å². The van der Waals surface area contributed by atoms with Gasteiger partial charge < -0.3 is 0 Å². The molecule has 0 radical (unpaired) electrons. The van der Waals surface area contributed by atoms with Crippen molar-refractivity contribution in [2.75, 3.05) is 0 Å². The van der Waals surface area contributed by atoms with E-state index in [2.05, 4.69) is 51.6 Å². The van der Waals surface area contributed by atoms with Crippen LogP contribution in [0.25, 0.3) is 0 Å². The van der Waals surface area contributed by atoms with Crippen molar-refractivity contribution in [2.24, 2.45) is 20.5 Å². The van der Waals surface area contributed by atoms with E-state index in [-0.39, 0.29) is 5.11 Å². The molecular formula is C17H30N12O2S3. The van der Waals surface area contributed by atoms with E-state index in [1.165, 1.54) is 0 Å². The summed E-state index contributed by atoms with van der Waals surface area (Å²) in [5.74, 6) is 0. The summed E-state index contributed by atoms with van der Waals surface area (Å²) < 4.78 is 5.60. The summed E-state index contributed by atoms with van der Waals surface area (Å²) in [6.07, 6.45) is 0. The van der Waals surface area contributed by atoms with Crippen molar-refractivity contribution in [3.63, 3.8) is 0 Å². The third kappa shape index (κ3) is 15.3. The number of amides is 2. The van der Waals surface area contributed by atoms with Gasteiger partial charge in [0.1, 0.15) is 11.3 Å². The third-order valence-electron chi connectivity index (χ3n) is 2.99. The molecule has 14 nitrogen and oxygen atoms in total. The number of hydrogen-bond acceptors (Lipinski definition) is 13. The van der Waals surface area contributed by atoms with Crippen LogP contribution in [0, 0.1) is 22.7 Å². The number of carbonyl (C=O) groups is 2. The van der Waals surface area contributed by atoms with Crippen molar-refractivity contribution < 1.29 is 9.59 Å². The van der Waals surface area contributed by atoms with Crippen LogP contribution in [0.15, 0.2) is 20.5 Å². The first kappa shape index (κ1) is 31.4. The number of hydrogen-bond donors (Lipinski definition) is 6. The van der Waals surface area contributed by atoms with E-state index in [4.69, 9.17) is 22.7 Å². The molecule has 0 aromatic heterocycles. The van der Waals surface area contributed by atoms with E-state index >= 15 is 0 Å². The van der Waals surface area contributed by atoms with Gasteiger partial charge in [-0.25, -0.2) is 9.44 Å². The molecule has 188 valence electrons. The Hall–Kier alpha value is -2.57. The molecule has 0 aliphatic carbocycles. The number of azo groups is 2. The monoisotopic (exact) mass is 530 g/mol. The molecule has 17 heteroatoms. The Labute approximate surface area is 213 Å². The van der Waals surface area contributed by atoms with Gasteiger partial charge >= 0.3 is 10.5 Å². The number of rotatable bonds is 8. The highest BCUT2D eigenvalue weighted by Gasteiger charge is 2.23. The van der Waals surface area contributed by atoms with Crippen LogP contribution in [0.1, 0.15) is 55.4 Å². The molecule has 0 aliphatic rings. The number of hydrazine groups is 2. The average molecular weight is 531 g/mol. The normalized spacial score (nSPS) is 12.6. The molecule has 0 bridgehead atoms. The number of thiocarbonyl (C=S) groups is 1. The van der Waals surface area contributed by atoms with Gasteiger partial charge in [0.15, 0.2) is 11.1 Å². The van der Waals surface area contributed by atoms with Gasteiger partial charge in [0.2, 0.25) is 5.11 Å². The SMILES string of the molecule is CC(C)(C#N)N=NC(C)(C)NSC(=O)NNC(=S)NNC(=O)SNC(C)(C)N=NC(C)(C)C#N. The zero-order valence-corrected chi connectivity index (χ0v) is 22.7. The molecule has 0 atom stereocenters. The maximum Gasteiger partial charge on any atom is 0.312 e. The lowest BCUT2D eigenvalue weighted by molar-refractivity contribution is 0.258. The smallest absolute Gasteiger partial charge is 0.272 e. The second-order valence-electron chi connectivity index (χ2n) is 8.67. The highest BCUT2D eigenvalue weighted by atomic mass is 32.2. The quantitative estimate of drug-likeness (QED) is 0.116. The Balaban J connectivity index is 4.33. The van der Waals surface area contributed by atoms with Crippen molar-refractivity contribution in [2.45, 2.75) is 77.8 Å². The van der Waals surface area contributed by atoms with Crippen LogP contribution in [0.3, 0.4) is 0 Å². The summed E-state index contributed by atoms with van der Waals surface area (Å²) in [5, 5.41) is 32.7. The lowest BCUT2D eigenvalue weighted by Gasteiger charge is -2.21. The number of nitriles is 2. The third-order valence-corrected chi connectivity index (χ3v) is 4.97. The van der Waals surface area contributed by atoms with Crippen molar-refractivity contribution in [3.8, 4) is 12.1 Å². The number of nitrogens with one attached hydrogen (secondary N) is 6. The van der Waals surface area contributed by atoms with Gasteiger partial charge in [-0.15, -0.1) is 0 Å². The van der Waals surface area contributed by atoms with Crippen LogP contribution < -0.4 is 31.1 Å². The van der Waals surface area contributed by atoms with Crippen LogP contribution in [0.4, 0.5) is 9.59 Å².